The average molecular weight is 297 g/mol. The lowest BCUT2D eigenvalue weighted by Crippen LogP contribution is -2.25. The summed E-state index contributed by atoms with van der Waals surface area (Å²) in [5.74, 6) is 0.221. The molecule has 3 rings (SSSR count). The molecule has 0 spiro atoms. The van der Waals surface area contributed by atoms with Crippen LogP contribution in [0.4, 0.5) is 15.8 Å². The summed E-state index contributed by atoms with van der Waals surface area (Å²) in [4.78, 5) is 9.51. The molecule has 1 aromatic heterocycles. The maximum absolute atomic E-state index is 14.0. The highest BCUT2D eigenvalue weighted by Gasteiger charge is 2.27. The van der Waals surface area contributed by atoms with Gasteiger partial charge in [-0.25, -0.2) is 14.2 Å². The lowest BCUT2D eigenvalue weighted by molar-refractivity contribution is 0.216. The number of aromatic nitrogens is 1. The van der Waals surface area contributed by atoms with Crippen molar-refractivity contribution in [1.29, 1.82) is 0 Å². The van der Waals surface area contributed by atoms with Gasteiger partial charge in [-0.15, -0.1) is 0 Å². The van der Waals surface area contributed by atoms with Gasteiger partial charge in [0, 0.05) is 25.2 Å². The zero-order chi connectivity index (χ0) is 15.5. The summed E-state index contributed by atoms with van der Waals surface area (Å²) in [7, 11) is 0. The standard InChI is InChI=1S/C17H16FN3O/c1-12-6-7-16(20-10-12)22-13-8-9-21(11-13)17-14(18)4-3-5-15(17)19-2/h3-7,10,13H,8-9,11H2,1H3/t13-/m1/s1. The van der Waals surface area contributed by atoms with Crippen molar-refractivity contribution < 1.29 is 9.13 Å². The molecular formula is C17H16FN3O. The number of pyridine rings is 1. The Kier molecular flexibility index (Phi) is 3.92. The highest BCUT2D eigenvalue weighted by atomic mass is 19.1. The number of benzene rings is 1. The van der Waals surface area contributed by atoms with E-state index in [0.717, 1.165) is 12.0 Å². The minimum Gasteiger partial charge on any atom is -0.472 e. The Bertz CT molecular complexity index is 709. The molecule has 112 valence electrons. The number of halogens is 1. The average Bonchev–Trinajstić information content (AvgIpc) is 2.97. The van der Waals surface area contributed by atoms with Crippen molar-refractivity contribution >= 4 is 11.4 Å². The van der Waals surface area contributed by atoms with Crippen molar-refractivity contribution in [2.45, 2.75) is 19.4 Å². The number of nitrogens with zero attached hydrogens (tertiary/aromatic N) is 3. The van der Waals surface area contributed by atoms with Crippen molar-refractivity contribution in [2.24, 2.45) is 0 Å². The Morgan fingerprint density at radius 2 is 2.23 bits per heavy atom. The largest absolute Gasteiger partial charge is 0.472 e. The van der Waals surface area contributed by atoms with E-state index in [4.69, 9.17) is 11.3 Å². The summed E-state index contributed by atoms with van der Waals surface area (Å²) >= 11 is 0. The Morgan fingerprint density at radius 3 is 2.95 bits per heavy atom. The van der Waals surface area contributed by atoms with Crippen LogP contribution in [0.15, 0.2) is 36.5 Å². The van der Waals surface area contributed by atoms with E-state index >= 15 is 0 Å². The fourth-order valence-electron chi connectivity index (χ4n) is 2.63. The highest BCUT2D eigenvalue weighted by Crippen LogP contribution is 2.34. The van der Waals surface area contributed by atoms with Gasteiger partial charge in [0.2, 0.25) is 11.6 Å². The summed E-state index contributed by atoms with van der Waals surface area (Å²) < 4.78 is 19.9. The van der Waals surface area contributed by atoms with E-state index in [2.05, 4.69) is 9.83 Å². The molecule has 0 saturated carbocycles. The molecule has 0 unspecified atom stereocenters. The first-order valence-corrected chi connectivity index (χ1v) is 7.17. The van der Waals surface area contributed by atoms with Crippen LogP contribution in [0.25, 0.3) is 4.85 Å². The number of hydrogen-bond donors (Lipinski definition) is 0. The van der Waals surface area contributed by atoms with Gasteiger partial charge in [0.25, 0.3) is 0 Å². The molecule has 0 amide bonds. The number of ether oxygens (including phenoxy) is 1. The predicted octanol–water partition coefficient (Wildman–Crippen LogP) is 3.74. The van der Waals surface area contributed by atoms with E-state index in [1.165, 1.54) is 6.07 Å². The first kappa shape index (κ1) is 14.3. The van der Waals surface area contributed by atoms with E-state index < -0.39 is 0 Å². The molecule has 4 nitrogen and oxygen atoms in total. The van der Waals surface area contributed by atoms with Gasteiger partial charge in [-0.2, -0.15) is 0 Å². The zero-order valence-corrected chi connectivity index (χ0v) is 12.3. The summed E-state index contributed by atoms with van der Waals surface area (Å²) in [5, 5.41) is 0. The van der Waals surface area contributed by atoms with Gasteiger partial charge in [-0.05, 0) is 18.6 Å². The maximum atomic E-state index is 14.0. The third-order valence-electron chi connectivity index (χ3n) is 3.72. The lowest BCUT2D eigenvalue weighted by atomic mass is 10.2. The molecule has 1 aromatic carbocycles. The molecule has 1 aliphatic heterocycles. The Morgan fingerprint density at radius 1 is 1.36 bits per heavy atom. The van der Waals surface area contributed by atoms with Crippen LogP contribution in [0.2, 0.25) is 0 Å². The molecule has 2 aromatic rings. The number of rotatable bonds is 3. The van der Waals surface area contributed by atoms with Crippen molar-refractivity contribution in [3.8, 4) is 5.88 Å². The fourth-order valence-corrected chi connectivity index (χ4v) is 2.63. The third kappa shape index (κ3) is 2.86. The van der Waals surface area contributed by atoms with Crippen molar-refractivity contribution in [2.75, 3.05) is 18.0 Å². The molecule has 0 N–H and O–H groups in total. The van der Waals surface area contributed by atoms with Crippen molar-refractivity contribution in [1.82, 2.24) is 4.98 Å². The molecule has 2 heterocycles. The SMILES string of the molecule is [C-]#[N+]c1cccc(F)c1N1CC[C@@H](Oc2ccc(C)cn2)C1. The zero-order valence-electron chi connectivity index (χ0n) is 12.3. The molecule has 0 radical (unpaired) electrons. The second kappa shape index (κ2) is 6.02. The van der Waals surface area contributed by atoms with Crippen LogP contribution in [0.1, 0.15) is 12.0 Å². The molecule has 22 heavy (non-hydrogen) atoms. The van der Waals surface area contributed by atoms with Gasteiger partial charge >= 0.3 is 0 Å². The second-order valence-electron chi connectivity index (χ2n) is 5.37. The minimum absolute atomic E-state index is 0.0478. The Hall–Kier alpha value is -2.61. The quantitative estimate of drug-likeness (QED) is 0.808. The first-order chi connectivity index (χ1) is 10.7. The Labute approximate surface area is 129 Å². The predicted molar refractivity (Wildman–Crippen MR) is 82.9 cm³/mol. The van der Waals surface area contributed by atoms with Crippen LogP contribution in [0.5, 0.6) is 5.88 Å². The van der Waals surface area contributed by atoms with Crippen LogP contribution in [0, 0.1) is 19.3 Å². The maximum Gasteiger partial charge on any atom is 0.213 e. The lowest BCUT2D eigenvalue weighted by Gasteiger charge is -2.21. The number of para-hydroxylation sites is 1. The summed E-state index contributed by atoms with van der Waals surface area (Å²) in [6, 6.07) is 8.38. The minimum atomic E-state index is -0.359. The smallest absolute Gasteiger partial charge is 0.213 e. The van der Waals surface area contributed by atoms with E-state index in [1.54, 1.807) is 18.3 Å². The second-order valence-corrected chi connectivity index (χ2v) is 5.37. The van der Waals surface area contributed by atoms with E-state index in [0.29, 0.717) is 30.3 Å². The molecule has 1 fully saturated rings. The van der Waals surface area contributed by atoms with E-state index in [1.807, 2.05) is 24.0 Å². The van der Waals surface area contributed by atoms with Gasteiger partial charge in [-0.1, -0.05) is 18.2 Å². The van der Waals surface area contributed by atoms with Crippen LogP contribution < -0.4 is 9.64 Å². The van der Waals surface area contributed by atoms with E-state index in [-0.39, 0.29) is 11.9 Å². The first-order valence-electron chi connectivity index (χ1n) is 7.17. The van der Waals surface area contributed by atoms with Gasteiger partial charge in [0.1, 0.15) is 11.9 Å². The molecule has 1 aliphatic rings. The van der Waals surface area contributed by atoms with Crippen molar-refractivity contribution in [3.63, 3.8) is 0 Å². The molecule has 0 bridgehead atoms. The summed E-state index contributed by atoms with van der Waals surface area (Å²) in [5.41, 5.74) is 1.79. The number of anilines is 1. The van der Waals surface area contributed by atoms with Gasteiger partial charge in [0.05, 0.1) is 18.8 Å². The summed E-state index contributed by atoms with van der Waals surface area (Å²) in [6.45, 7) is 10.4. The fraction of sp³-hybridized carbons (Fsp3) is 0.294. The van der Waals surface area contributed by atoms with Crippen LogP contribution in [-0.4, -0.2) is 24.2 Å². The monoisotopic (exact) mass is 297 g/mol. The van der Waals surface area contributed by atoms with Crippen LogP contribution in [0.3, 0.4) is 0 Å². The molecular weight excluding hydrogens is 281 g/mol. The summed E-state index contributed by atoms with van der Waals surface area (Å²) in [6.07, 6.45) is 2.49. The van der Waals surface area contributed by atoms with Crippen molar-refractivity contribution in [3.05, 3.63) is 59.3 Å². The Balaban J connectivity index is 1.73. The van der Waals surface area contributed by atoms with E-state index in [9.17, 15) is 4.39 Å². The molecule has 1 saturated heterocycles. The molecule has 0 aliphatic carbocycles. The number of aryl methyl sites for hydroxylation is 1. The van der Waals surface area contributed by atoms with Crippen LogP contribution >= 0.6 is 0 Å². The van der Waals surface area contributed by atoms with Gasteiger partial charge < -0.3 is 9.64 Å². The van der Waals surface area contributed by atoms with Gasteiger partial charge in [0.15, 0.2) is 0 Å². The topological polar surface area (TPSA) is 29.7 Å². The van der Waals surface area contributed by atoms with Crippen LogP contribution in [-0.2, 0) is 0 Å². The highest BCUT2D eigenvalue weighted by molar-refractivity contribution is 5.71. The third-order valence-corrected chi connectivity index (χ3v) is 3.72. The molecule has 1 atom stereocenters. The molecule has 5 heteroatoms. The van der Waals surface area contributed by atoms with Gasteiger partial charge in [-0.3, -0.25) is 0 Å². The number of hydrogen-bond acceptors (Lipinski definition) is 3. The normalized spacial score (nSPS) is 17.3.